The zero-order chi connectivity index (χ0) is 22.7. The summed E-state index contributed by atoms with van der Waals surface area (Å²) in [6, 6.07) is 20.0. The van der Waals surface area contributed by atoms with Crippen molar-refractivity contribution in [2.24, 2.45) is 0 Å². The Morgan fingerprint density at radius 2 is 1.59 bits per heavy atom. The lowest BCUT2D eigenvalue weighted by Crippen LogP contribution is -2.47. The van der Waals surface area contributed by atoms with E-state index in [4.69, 9.17) is 11.6 Å². The van der Waals surface area contributed by atoms with E-state index in [2.05, 4.69) is 15.1 Å². The second kappa shape index (κ2) is 9.32. The Labute approximate surface area is 192 Å². The molecule has 0 bridgehead atoms. The Morgan fingerprint density at radius 3 is 2.25 bits per heavy atom. The molecule has 1 aliphatic rings. The van der Waals surface area contributed by atoms with Gasteiger partial charge in [0.2, 0.25) is 0 Å². The number of carbonyl (C=O) groups is 2. The fraction of sp³-hybridized carbons (Fsp3) is 0.200. The van der Waals surface area contributed by atoms with Gasteiger partial charge in [-0.05, 0) is 61.5 Å². The normalized spacial score (nSPS) is 13.7. The zero-order valence-corrected chi connectivity index (χ0v) is 18.5. The number of benzene rings is 3. The number of carboxylic acid groups (broad SMARTS) is 1. The van der Waals surface area contributed by atoms with Gasteiger partial charge in [0.05, 0.1) is 11.3 Å². The van der Waals surface area contributed by atoms with Gasteiger partial charge in [0.1, 0.15) is 0 Å². The van der Waals surface area contributed by atoms with Crippen molar-refractivity contribution in [1.29, 1.82) is 0 Å². The number of aryl methyl sites for hydroxylation is 1. The van der Waals surface area contributed by atoms with Crippen LogP contribution in [0.15, 0.2) is 66.7 Å². The summed E-state index contributed by atoms with van der Waals surface area (Å²) in [5.41, 5.74) is 3.90. The second-order valence-electron chi connectivity index (χ2n) is 7.81. The summed E-state index contributed by atoms with van der Waals surface area (Å²) in [6.45, 7) is 4.84. The topological polar surface area (TPSA) is 72.9 Å². The number of nitrogens with zero attached hydrogens (tertiary/aromatic N) is 2. The van der Waals surface area contributed by atoms with Crippen molar-refractivity contribution in [3.63, 3.8) is 0 Å². The smallest absolute Gasteiger partial charge is 0.337 e. The molecule has 4 rings (SSSR count). The number of carboxylic acids is 1. The molecule has 0 spiro atoms. The van der Waals surface area contributed by atoms with Gasteiger partial charge in [-0.2, -0.15) is 0 Å². The Hall–Kier alpha value is -3.51. The maximum atomic E-state index is 12.5. The summed E-state index contributed by atoms with van der Waals surface area (Å²) in [4.78, 5) is 28.8. The first-order chi connectivity index (χ1) is 15.4. The fourth-order valence-corrected chi connectivity index (χ4v) is 4.03. The molecule has 1 heterocycles. The van der Waals surface area contributed by atoms with Crippen LogP contribution in [0.3, 0.4) is 0 Å². The summed E-state index contributed by atoms with van der Waals surface area (Å²) in [6.07, 6.45) is 0. The van der Waals surface area contributed by atoms with Gasteiger partial charge >= 0.3 is 5.97 Å². The van der Waals surface area contributed by atoms with E-state index in [0.29, 0.717) is 35.1 Å². The molecule has 1 saturated heterocycles. The third-order valence-electron chi connectivity index (χ3n) is 5.58. The minimum Gasteiger partial charge on any atom is -0.478 e. The van der Waals surface area contributed by atoms with Crippen LogP contribution in [-0.2, 0) is 0 Å². The van der Waals surface area contributed by atoms with Crippen molar-refractivity contribution in [2.45, 2.75) is 6.92 Å². The van der Waals surface area contributed by atoms with Crippen molar-refractivity contribution in [1.82, 2.24) is 0 Å². The largest absolute Gasteiger partial charge is 0.478 e. The third-order valence-corrected chi connectivity index (χ3v) is 5.83. The summed E-state index contributed by atoms with van der Waals surface area (Å²) in [7, 11) is 0. The molecule has 0 aromatic heterocycles. The Morgan fingerprint density at radius 1 is 0.906 bits per heavy atom. The second-order valence-corrected chi connectivity index (χ2v) is 8.25. The average Bonchev–Trinajstić information content (AvgIpc) is 2.80. The number of nitrogens with one attached hydrogen (secondary N) is 1. The molecule has 0 unspecified atom stereocenters. The molecule has 32 heavy (non-hydrogen) atoms. The lowest BCUT2D eigenvalue weighted by Gasteiger charge is -2.38. The van der Waals surface area contributed by atoms with E-state index in [-0.39, 0.29) is 11.5 Å². The lowest BCUT2D eigenvalue weighted by atomic mass is 10.1. The van der Waals surface area contributed by atoms with Gasteiger partial charge in [-0.1, -0.05) is 29.3 Å². The highest BCUT2D eigenvalue weighted by Gasteiger charge is 2.22. The molecular formula is C25H24ClN3O3. The van der Waals surface area contributed by atoms with Gasteiger partial charge < -0.3 is 20.2 Å². The Kier molecular flexibility index (Phi) is 6.32. The van der Waals surface area contributed by atoms with Crippen LogP contribution in [0.2, 0.25) is 5.02 Å². The molecule has 1 aliphatic heterocycles. The van der Waals surface area contributed by atoms with E-state index >= 15 is 0 Å². The number of piperazine rings is 1. The van der Waals surface area contributed by atoms with E-state index in [9.17, 15) is 14.7 Å². The number of hydrogen-bond acceptors (Lipinski definition) is 4. The monoisotopic (exact) mass is 449 g/mol. The minimum absolute atomic E-state index is 0.173. The Bertz CT molecular complexity index is 1140. The third kappa shape index (κ3) is 4.86. The molecule has 164 valence electrons. The summed E-state index contributed by atoms with van der Waals surface area (Å²) < 4.78 is 0. The van der Waals surface area contributed by atoms with E-state index in [0.717, 1.165) is 24.3 Å². The van der Waals surface area contributed by atoms with Gasteiger partial charge in [-0.25, -0.2) is 4.79 Å². The van der Waals surface area contributed by atoms with Gasteiger partial charge in [0.25, 0.3) is 5.91 Å². The van der Waals surface area contributed by atoms with Crippen LogP contribution in [0.4, 0.5) is 17.1 Å². The van der Waals surface area contributed by atoms with Crippen LogP contribution in [0.25, 0.3) is 0 Å². The standard InChI is InChI=1S/C25H24ClN3O3/c1-17-3-2-4-18(15-17)24(30)27-20-7-10-23(22(16-20)25(31)32)29-13-11-28(12-14-29)21-8-5-19(26)6-9-21/h2-10,15-16H,11-14H2,1H3,(H,27,30)(H,31,32). The van der Waals surface area contributed by atoms with Crippen molar-refractivity contribution in [3.8, 4) is 0 Å². The van der Waals surface area contributed by atoms with Gasteiger partial charge in [0.15, 0.2) is 0 Å². The number of halogens is 1. The first kappa shape index (κ1) is 21.7. The highest BCUT2D eigenvalue weighted by Crippen LogP contribution is 2.27. The molecule has 3 aromatic rings. The van der Waals surface area contributed by atoms with Crippen molar-refractivity contribution >= 4 is 40.5 Å². The van der Waals surface area contributed by atoms with Crippen LogP contribution in [0.5, 0.6) is 0 Å². The lowest BCUT2D eigenvalue weighted by molar-refractivity contribution is 0.0697. The van der Waals surface area contributed by atoms with Crippen molar-refractivity contribution in [2.75, 3.05) is 41.3 Å². The fourth-order valence-electron chi connectivity index (χ4n) is 3.91. The molecule has 2 N–H and O–H groups in total. The first-order valence-corrected chi connectivity index (χ1v) is 10.8. The SMILES string of the molecule is Cc1cccc(C(=O)Nc2ccc(N3CCN(c4ccc(Cl)cc4)CC3)c(C(=O)O)c2)c1. The highest BCUT2D eigenvalue weighted by atomic mass is 35.5. The average molecular weight is 450 g/mol. The quantitative estimate of drug-likeness (QED) is 0.578. The van der Waals surface area contributed by atoms with Crippen LogP contribution in [0.1, 0.15) is 26.3 Å². The molecule has 1 amide bonds. The van der Waals surface area contributed by atoms with Crippen LogP contribution in [0, 0.1) is 6.92 Å². The molecule has 3 aromatic carbocycles. The van der Waals surface area contributed by atoms with Crippen LogP contribution >= 0.6 is 11.6 Å². The molecule has 0 saturated carbocycles. The van der Waals surface area contributed by atoms with E-state index in [1.165, 1.54) is 6.07 Å². The number of anilines is 3. The molecular weight excluding hydrogens is 426 g/mol. The maximum Gasteiger partial charge on any atom is 0.337 e. The predicted octanol–water partition coefficient (Wildman–Crippen LogP) is 4.93. The summed E-state index contributed by atoms with van der Waals surface area (Å²) >= 11 is 5.98. The molecule has 0 aliphatic carbocycles. The molecule has 0 atom stereocenters. The van der Waals surface area contributed by atoms with Gasteiger partial charge in [0, 0.05) is 48.1 Å². The number of aromatic carboxylic acids is 1. The molecule has 7 heteroatoms. The van der Waals surface area contributed by atoms with E-state index in [1.54, 1.807) is 24.3 Å². The zero-order valence-electron chi connectivity index (χ0n) is 17.7. The predicted molar refractivity (Wildman–Crippen MR) is 128 cm³/mol. The molecule has 6 nitrogen and oxygen atoms in total. The minimum atomic E-state index is -1.02. The Balaban J connectivity index is 1.48. The van der Waals surface area contributed by atoms with Crippen molar-refractivity contribution in [3.05, 3.63) is 88.4 Å². The van der Waals surface area contributed by atoms with E-state index in [1.807, 2.05) is 43.3 Å². The van der Waals surface area contributed by atoms with Crippen LogP contribution in [-0.4, -0.2) is 43.2 Å². The van der Waals surface area contributed by atoms with E-state index < -0.39 is 5.97 Å². The number of hydrogen-bond donors (Lipinski definition) is 2. The van der Waals surface area contributed by atoms with Crippen molar-refractivity contribution < 1.29 is 14.7 Å². The summed E-state index contributed by atoms with van der Waals surface area (Å²) in [5, 5.41) is 13.3. The number of amides is 1. The number of rotatable bonds is 5. The molecule has 0 radical (unpaired) electrons. The summed E-state index contributed by atoms with van der Waals surface area (Å²) in [5.74, 6) is -1.29. The van der Waals surface area contributed by atoms with Crippen LogP contribution < -0.4 is 15.1 Å². The highest BCUT2D eigenvalue weighted by molar-refractivity contribution is 6.30. The first-order valence-electron chi connectivity index (χ1n) is 10.4. The van der Waals surface area contributed by atoms with Gasteiger partial charge in [-0.15, -0.1) is 0 Å². The molecule has 1 fully saturated rings. The number of carbonyl (C=O) groups excluding carboxylic acids is 1. The maximum absolute atomic E-state index is 12.5. The van der Waals surface area contributed by atoms with Gasteiger partial charge in [-0.3, -0.25) is 4.79 Å².